The SMILES string of the molecule is CCCCCCCC(=O)N/N=C/c1ccc(N(C)C)cc1. The first-order valence-corrected chi connectivity index (χ1v) is 7.72. The van der Waals surface area contributed by atoms with E-state index in [0.717, 1.165) is 24.1 Å². The largest absolute Gasteiger partial charge is 0.378 e. The topological polar surface area (TPSA) is 44.7 Å². The van der Waals surface area contributed by atoms with Gasteiger partial charge in [0.05, 0.1) is 6.21 Å². The van der Waals surface area contributed by atoms with Crippen LogP contribution in [0.2, 0.25) is 0 Å². The molecule has 116 valence electrons. The van der Waals surface area contributed by atoms with Crippen molar-refractivity contribution in [2.75, 3.05) is 19.0 Å². The summed E-state index contributed by atoms with van der Waals surface area (Å²) in [5, 5.41) is 3.99. The first kappa shape index (κ1) is 17.2. The van der Waals surface area contributed by atoms with Crippen LogP contribution < -0.4 is 10.3 Å². The lowest BCUT2D eigenvalue weighted by atomic mass is 10.1. The number of hydrogen-bond acceptors (Lipinski definition) is 3. The number of nitrogens with zero attached hydrogens (tertiary/aromatic N) is 2. The predicted molar refractivity (Wildman–Crippen MR) is 89.9 cm³/mol. The van der Waals surface area contributed by atoms with Crippen molar-refractivity contribution >= 4 is 17.8 Å². The molecule has 1 aromatic carbocycles. The quantitative estimate of drug-likeness (QED) is 0.429. The lowest BCUT2D eigenvalue weighted by molar-refractivity contribution is -0.121. The van der Waals surface area contributed by atoms with E-state index in [1.165, 1.54) is 19.3 Å². The fourth-order valence-corrected chi connectivity index (χ4v) is 1.98. The lowest BCUT2D eigenvalue weighted by Crippen LogP contribution is -2.16. The Hall–Kier alpha value is -1.84. The number of anilines is 1. The normalized spacial score (nSPS) is 10.8. The van der Waals surface area contributed by atoms with E-state index in [9.17, 15) is 4.79 Å². The van der Waals surface area contributed by atoms with Crippen molar-refractivity contribution in [3.63, 3.8) is 0 Å². The number of carbonyl (C=O) groups excluding carboxylic acids is 1. The molecule has 0 atom stereocenters. The van der Waals surface area contributed by atoms with Gasteiger partial charge in [-0.05, 0) is 24.1 Å². The van der Waals surface area contributed by atoms with Crippen molar-refractivity contribution in [2.45, 2.75) is 45.4 Å². The van der Waals surface area contributed by atoms with E-state index >= 15 is 0 Å². The number of amides is 1. The number of hydrazone groups is 1. The highest BCUT2D eigenvalue weighted by molar-refractivity contribution is 5.82. The Morgan fingerprint density at radius 1 is 1.14 bits per heavy atom. The van der Waals surface area contributed by atoms with Crippen LogP contribution in [-0.4, -0.2) is 26.2 Å². The van der Waals surface area contributed by atoms with Crippen LogP contribution in [-0.2, 0) is 4.79 Å². The summed E-state index contributed by atoms with van der Waals surface area (Å²) in [4.78, 5) is 13.6. The zero-order valence-corrected chi connectivity index (χ0v) is 13.4. The second kappa shape index (κ2) is 9.97. The Kier molecular flexibility index (Phi) is 8.17. The number of carbonyl (C=O) groups is 1. The predicted octanol–water partition coefficient (Wildman–Crippen LogP) is 3.56. The summed E-state index contributed by atoms with van der Waals surface area (Å²) in [7, 11) is 4.01. The molecule has 1 amide bonds. The van der Waals surface area contributed by atoms with E-state index < -0.39 is 0 Å². The Bertz CT molecular complexity index is 438. The van der Waals surface area contributed by atoms with Crippen molar-refractivity contribution in [1.29, 1.82) is 0 Å². The zero-order valence-electron chi connectivity index (χ0n) is 13.4. The Morgan fingerprint density at radius 2 is 1.81 bits per heavy atom. The summed E-state index contributed by atoms with van der Waals surface area (Å²) >= 11 is 0. The molecule has 0 bridgehead atoms. The van der Waals surface area contributed by atoms with E-state index in [1.54, 1.807) is 6.21 Å². The van der Waals surface area contributed by atoms with Gasteiger partial charge < -0.3 is 4.90 Å². The molecule has 1 rings (SSSR count). The summed E-state index contributed by atoms with van der Waals surface area (Å²) < 4.78 is 0. The van der Waals surface area contributed by atoms with Crippen LogP contribution in [0.3, 0.4) is 0 Å². The molecule has 0 aromatic heterocycles. The molecule has 0 unspecified atom stereocenters. The van der Waals surface area contributed by atoms with Gasteiger partial charge in [0.1, 0.15) is 0 Å². The molecule has 21 heavy (non-hydrogen) atoms. The summed E-state index contributed by atoms with van der Waals surface area (Å²) in [6, 6.07) is 8.01. The monoisotopic (exact) mass is 289 g/mol. The van der Waals surface area contributed by atoms with Crippen molar-refractivity contribution in [1.82, 2.24) is 5.43 Å². The molecular formula is C17H27N3O. The van der Waals surface area contributed by atoms with Gasteiger partial charge in [0.15, 0.2) is 0 Å². The maximum atomic E-state index is 11.6. The highest BCUT2D eigenvalue weighted by Gasteiger charge is 1.99. The van der Waals surface area contributed by atoms with Crippen molar-refractivity contribution in [3.05, 3.63) is 29.8 Å². The summed E-state index contributed by atoms with van der Waals surface area (Å²) in [6.07, 6.45) is 7.99. The summed E-state index contributed by atoms with van der Waals surface area (Å²) in [5.41, 5.74) is 4.70. The fourth-order valence-electron chi connectivity index (χ4n) is 1.98. The van der Waals surface area contributed by atoms with Gasteiger partial charge in [0.2, 0.25) is 5.91 Å². The standard InChI is InChI=1S/C17H27N3O/c1-4-5-6-7-8-9-17(21)19-18-14-15-10-12-16(13-11-15)20(2)3/h10-14H,4-9H2,1-3H3,(H,19,21)/b18-14+. The molecular weight excluding hydrogens is 262 g/mol. The molecule has 1 aromatic rings. The molecule has 0 spiro atoms. The molecule has 4 nitrogen and oxygen atoms in total. The van der Waals surface area contributed by atoms with Gasteiger partial charge in [-0.15, -0.1) is 0 Å². The van der Waals surface area contributed by atoms with Crippen molar-refractivity contribution in [2.24, 2.45) is 5.10 Å². The maximum absolute atomic E-state index is 11.6. The highest BCUT2D eigenvalue weighted by atomic mass is 16.2. The van der Waals surface area contributed by atoms with E-state index in [-0.39, 0.29) is 5.91 Å². The molecule has 0 radical (unpaired) electrons. The number of nitrogens with one attached hydrogen (secondary N) is 1. The van der Waals surface area contributed by atoms with E-state index in [0.29, 0.717) is 6.42 Å². The first-order chi connectivity index (χ1) is 10.1. The number of unbranched alkanes of at least 4 members (excludes halogenated alkanes) is 4. The highest BCUT2D eigenvalue weighted by Crippen LogP contribution is 2.10. The van der Waals surface area contributed by atoms with Gasteiger partial charge >= 0.3 is 0 Å². The van der Waals surface area contributed by atoms with Crippen LogP contribution in [0.1, 0.15) is 51.0 Å². The molecule has 0 aliphatic rings. The van der Waals surface area contributed by atoms with Gasteiger partial charge in [-0.25, -0.2) is 5.43 Å². The molecule has 0 aliphatic heterocycles. The Balaban J connectivity index is 2.25. The third-order valence-electron chi connectivity index (χ3n) is 3.32. The average molecular weight is 289 g/mol. The number of hydrogen-bond donors (Lipinski definition) is 1. The van der Waals surface area contributed by atoms with Crippen LogP contribution in [0.25, 0.3) is 0 Å². The number of rotatable bonds is 9. The van der Waals surface area contributed by atoms with Gasteiger partial charge in [-0.3, -0.25) is 4.79 Å². The molecule has 1 N–H and O–H groups in total. The third-order valence-corrected chi connectivity index (χ3v) is 3.32. The lowest BCUT2D eigenvalue weighted by Gasteiger charge is -2.11. The molecule has 0 saturated heterocycles. The molecule has 0 heterocycles. The number of benzene rings is 1. The first-order valence-electron chi connectivity index (χ1n) is 7.72. The smallest absolute Gasteiger partial charge is 0.240 e. The van der Waals surface area contributed by atoms with Gasteiger partial charge in [-0.2, -0.15) is 5.10 Å². The van der Waals surface area contributed by atoms with E-state index in [2.05, 4.69) is 17.5 Å². The van der Waals surface area contributed by atoms with Gasteiger partial charge in [0.25, 0.3) is 0 Å². The van der Waals surface area contributed by atoms with Crippen LogP contribution in [0, 0.1) is 0 Å². The maximum Gasteiger partial charge on any atom is 0.240 e. The third kappa shape index (κ3) is 7.49. The molecule has 0 saturated carbocycles. The summed E-state index contributed by atoms with van der Waals surface area (Å²) in [6.45, 7) is 2.19. The van der Waals surface area contributed by atoms with Crippen LogP contribution in [0.15, 0.2) is 29.4 Å². The fraction of sp³-hybridized carbons (Fsp3) is 0.529. The molecule has 0 fully saturated rings. The van der Waals surface area contributed by atoms with Crippen LogP contribution >= 0.6 is 0 Å². The second-order valence-corrected chi connectivity index (χ2v) is 5.44. The Morgan fingerprint density at radius 3 is 2.43 bits per heavy atom. The van der Waals surface area contributed by atoms with E-state index in [4.69, 9.17) is 0 Å². The average Bonchev–Trinajstić information content (AvgIpc) is 2.47. The van der Waals surface area contributed by atoms with Crippen LogP contribution in [0.5, 0.6) is 0 Å². The molecule has 0 aliphatic carbocycles. The minimum absolute atomic E-state index is 0.00680. The second-order valence-electron chi connectivity index (χ2n) is 5.44. The Labute approximate surface area is 128 Å². The zero-order chi connectivity index (χ0) is 15.5. The van der Waals surface area contributed by atoms with Crippen molar-refractivity contribution in [3.8, 4) is 0 Å². The minimum Gasteiger partial charge on any atom is -0.378 e. The summed E-state index contributed by atoms with van der Waals surface area (Å²) in [5.74, 6) is -0.00680. The van der Waals surface area contributed by atoms with Gasteiger partial charge in [-0.1, -0.05) is 44.7 Å². The van der Waals surface area contributed by atoms with E-state index in [1.807, 2.05) is 43.3 Å². The van der Waals surface area contributed by atoms with Crippen LogP contribution in [0.4, 0.5) is 5.69 Å². The minimum atomic E-state index is -0.00680. The molecule has 4 heteroatoms. The van der Waals surface area contributed by atoms with Gasteiger partial charge in [0, 0.05) is 26.2 Å². The van der Waals surface area contributed by atoms with Crippen molar-refractivity contribution < 1.29 is 4.79 Å².